The molecule has 0 radical (unpaired) electrons. The Balaban J connectivity index is 1.74. The maximum Gasteiger partial charge on any atom is 0.323 e. The zero-order valence-electron chi connectivity index (χ0n) is 19.4. The van der Waals surface area contributed by atoms with Crippen molar-refractivity contribution in [3.8, 4) is 0 Å². The van der Waals surface area contributed by atoms with Crippen molar-refractivity contribution in [2.75, 3.05) is 12.1 Å². The number of halogens is 1. The number of rotatable bonds is 11. The van der Waals surface area contributed by atoms with E-state index in [0.29, 0.717) is 22.7 Å². The van der Waals surface area contributed by atoms with E-state index in [2.05, 4.69) is 25.1 Å². The minimum Gasteiger partial charge on any atom is -0.480 e. The second kappa shape index (κ2) is 10.4. The molecule has 3 rings (SSSR count). The number of nitrogens with zero attached hydrogens (tertiary/aromatic N) is 4. The van der Waals surface area contributed by atoms with Crippen LogP contribution in [0.1, 0.15) is 39.3 Å². The van der Waals surface area contributed by atoms with Crippen molar-refractivity contribution in [1.29, 1.82) is 0 Å². The zero-order chi connectivity index (χ0) is 25.1. The lowest BCUT2D eigenvalue weighted by atomic mass is 10.1. The predicted molar refractivity (Wildman–Crippen MR) is 131 cm³/mol. The summed E-state index contributed by atoms with van der Waals surface area (Å²) in [4.78, 5) is 24.1. The third kappa shape index (κ3) is 6.31. The second-order valence-corrected chi connectivity index (χ2v) is 11.3. The number of benzene rings is 1. The van der Waals surface area contributed by atoms with Crippen LogP contribution in [-0.2, 0) is 20.6 Å². The molecule has 34 heavy (non-hydrogen) atoms. The number of carbonyl (C=O) groups is 1. The van der Waals surface area contributed by atoms with E-state index < -0.39 is 25.1 Å². The van der Waals surface area contributed by atoms with E-state index in [1.54, 1.807) is 23.0 Å². The number of aromatic nitrogens is 4. The molecule has 3 aromatic rings. The topological polar surface area (TPSA) is 157 Å². The highest BCUT2D eigenvalue weighted by molar-refractivity contribution is 7.59. The van der Waals surface area contributed by atoms with Gasteiger partial charge in [0.1, 0.15) is 23.7 Å². The van der Waals surface area contributed by atoms with E-state index in [4.69, 9.17) is 22.1 Å². The van der Waals surface area contributed by atoms with Gasteiger partial charge in [-0.25, -0.2) is 25.1 Å². The molecule has 0 saturated heterocycles. The molecule has 0 saturated carbocycles. The largest absolute Gasteiger partial charge is 0.480 e. The summed E-state index contributed by atoms with van der Waals surface area (Å²) in [5.74, 6) is -0.855. The maximum absolute atomic E-state index is 13.9. The molecule has 1 aromatic carbocycles. The Bertz CT molecular complexity index is 1200. The molecule has 0 spiro atoms. The molecule has 3 atom stereocenters. The molecule has 2 heterocycles. The number of carboxylic acids is 1. The van der Waals surface area contributed by atoms with Crippen LogP contribution in [0.5, 0.6) is 0 Å². The Morgan fingerprint density at radius 2 is 1.94 bits per heavy atom. The molecule has 0 aliphatic carbocycles. The number of fused-ring (bicyclic) bond motifs is 1. The minimum absolute atomic E-state index is 0.243. The average Bonchev–Trinajstić information content (AvgIpc) is 3.16. The number of hydrogen-bond acceptors (Lipinski definition) is 7. The number of hydrogen-bond donors (Lipinski definition) is 4. The first-order valence-corrected chi connectivity index (χ1v) is 12.9. The van der Waals surface area contributed by atoms with Gasteiger partial charge in [0.2, 0.25) is 7.44 Å². The van der Waals surface area contributed by atoms with Crippen LogP contribution in [0.3, 0.4) is 0 Å². The highest BCUT2D eigenvalue weighted by Gasteiger charge is 2.37. The smallest absolute Gasteiger partial charge is 0.323 e. The van der Waals surface area contributed by atoms with Gasteiger partial charge >= 0.3 is 5.97 Å². The first kappa shape index (κ1) is 26.1. The molecule has 0 fully saturated rings. The van der Waals surface area contributed by atoms with Crippen molar-refractivity contribution in [3.05, 3.63) is 47.5 Å². The van der Waals surface area contributed by atoms with Gasteiger partial charge in [-0.2, -0.15) is 0 Å². The lowest BCUT2D eigenvalue weighted by Crippen LogP contribution is -2.47. The average molecular weight is 510 g/mol. The molecule has 13 heteroatoms. The Morgan fingerprint density at radius 1 is 1.26 bits per heavy atom. The molecular formula is C21H29ClN7O4P. The fourth-order valence-electron chi connectivity index (χ4n) is 3.33. The van der Waals surface area contributed by atoms with Gasteiger partial charge in [0, 0.05) is 11.1 Å². The number of nitrogen functional groups attached to an aromatic ring is 1. The summed E-state index contributed by atoms with van der Waals surface area (Å²) in [5.41, 5.74) is 6.27. The van der Waals surface area contributed by atoms with Gasteiger partial charge in [0.05, 0.1) is 19.0 Å². The van der Waals surface area contributed by atoms with Crippen molar-refractivity contribution in [3.63, 3.8) is 0 Å². The monoisotopic (exact) mass is 509 g/mol. The first-order valence-electron chi connectivity index (χ1n) is 10.6. The van der Waals surface area contributed by atoms with Gasteiger partial charge in [-0.05, 0) is 45.4 Å². The Morgan fingerprint density at radius 3 is 2.59 bits per heavy atom. The summed E-state index contributed by atoms with van der Waals surface area (Å²) < 4.78 is 21.5. The number of carboxylic acid groups (broad SMARTS) is 1. The van der Waals surface area contributed by atoms with E-state index in [9.17, 15) is 14.5 Å². The number of ether oxygens (including phenoxy) is 1. The number of nitrogens with two attached hydrogens (primary N) is 1. The molecular weight excluding hydrogens is 481 g/mol. The van der Waals surface area contributed by atoms with Crippen LogP contribution in [0.25, 0.3) is 11.2 Å². The number of aliphatic carboxylic acids is 1. The normalized spacial score (nSPS) is 15.7. The maximum atomic E-state index is 13.9. The summed E-state index contributed by atoms with van der Waals surface area (Å²) in [6.45, 7) is 6.90. The van der Waals surface area contributed by atoms with Crippen LogP contribution in [0.4, 0.5) is 5.82 Å². The van der Waals surface area contributed by atoms with Gasteiger partial charge in [-0.3, -0.25) is 9.36 Å². The summed E-state index contributed by atoms with van der Waals surface area (Å²) in [6.07, 6.45) is 2.30. The van der Waals surface area contributed by atoms with Crippen LogP contribution >= 0.6 is 19.0 Å². The van der Waals surface area contributed by atoms with E-state index in [1.165, 1.54) is 20.2 Å². The van der Waals surface area contributed by atoms with Crippen molar-refractivity contribution < 1.29 is 19.2 Å². The quantitative estimate of drug-likeness (QED) is 0.282. The first-order chi connectivity index (χ1) is 15.9. The SMILES string of the molecule is C[C@H](Cn1cnc2c(N)ncnc21)OC[P@](=O)(N[C@@H](C)c1ccc(Cl)cc1)NC(C)(C)C(=O)O. The standard InChI is InChI=1S/C21H29ClN7O4P/c1-13(9-29-11-26-17-18(23)24-10-25-19(17)29)33-12-34(32,28-21(3,4)20(30)31)27-14(2)15-5-7-16(22)8-6-15/h5-8,10-11,13-14H,9,12H2,1-4H3,(H,30,31)(H2,23,24,25)(H2,27,28,32)/t13-,14+,34+/m1/s1. The summed E-state index contributed by atoms with van der Waals surface area (Å²) >= 11 is 5.97. The summed E-state index contributed by atoms with van der Waals surface area (Å²) in [5, 5.41) is 16.0. The van der Waals surface area contributed by atoms with Crippen LogP contribution in [0.15, 0.2) is 36.9 Å². The Hall–Kier alpha value is -2.56. The molecule has 0 amide bonds. The van der Waals surface area contributed by atoms with Crippen molar-refractivity contribution in [2.45, 2.75) is 51.9 Å². The van der Waals surface area contributed by atoms with Crippen LogP contribution in [0, 0.1) is 0 Å². The number of nitrogens with one attached hydrogen (secondary N) is 2. The van der Waals surface area contributed by atoms with Crippen molar-refractivity contribution in [2.24, 2.45) is 0 Å². The second-order valence-electron chi connectivity index (χ2n) is 8.62. The lowest BCUT2D eigenvalue weighted by Gasteiger charge is -2.32. The van der Waals surface area contributed by atoms with Crippen LogP contribution in [0.2, 0.25) is 5.02 Å². The third-order valence-corrected chi connectivity index (χ3v) is 7.68. The molecule has 0 unspecified atom stereocenters. The fourth-order valence-corrected chi connectivity index (χ4v) is 5.90. The van der Waals surface area contributed by atoms with Crippen molar-refractivity contribution >= 4 is 42.0 Å². The molecule has 0 aliphatic heterocycles. The fraction of sp³-hybridized carbons (Fsp3) is 0.429. The van der Waals surface area contributed by atoms with Gasteiger partial charge in [0.25, 0.3) is 0 Å². The lowest BCUT2D eigenvalue weighted by molar-refractivity contribution is -0.142. The molecule has 184 valence electrons. The van der Waals surface area contributed by atoms with Gasteiger partial charge < -0.3 is 20.1 Å². The number of anilines is 1. The molecule has 0 aliphatic rings. The minimum atomic E-state index is -3.53. The molecule has 11 nitrogen and oxygen atoms in total. The molecule has 2 aromatic heterocycles. The highest BCUT2D eigenvalue weighted by atomic mass is 35.5. The van der Waals surface area contributed by atoms with E-state index in [1.807, 2.05) is 26.0 Å². The van der Waals surface area contributed by atoms with E-state index in [0.717, 1.165) is 5.56 Å². The van der Waals surface area contributed by atoms with Crippen LogP contribution in [-0.4, -0.2) is 48.6 Å². The Kier molecular flexibility index (Phi) is 7.95. The molecule has 5 N–H and O–H groups in total. The Labute approximate surface area is 202 Å². The predicted octanol–water partition coefficient (Wildman–Crippen LogP) is 3.42. The zero-order valence-corrected chi connectivity index (χ0v) is 21.0. The van der Waals surface area contributed by atoms with Gasteiger partial charge in [-0.1, -0.05) is 23.7 Å². The molecule has 0 bridgehead atoms. The van der Waals surface area contributed by atoms with Crippen molar-refractivity contribution in [1.82, 2.24) is 29.7 Å². The van der Waals surface area contributed by atoms with Crippen LogP contribution < -0.4 is 15.9 Å². The van der Waals surface area contributed by atoms with E-state index in [-0.39, 0.29) is 18.2 Å². The number of imidazole rings is 1. The van der Waals surface area contributed by atoms with E-state index >= 15 is 0 Å². The van der Waals surface area contributed by atoms with Gasteiger partial charge in [0.15, 0.2) is 11.5 Å². The highest BCUT2D eigenvalue weighted by Crippen LogP contribution is 2.42. The summed E-state index contributed by atoms with van der Waals surface area (Å²) in [7, 11) is -3.53. The summed E-state index contributed by atoms with van der Waals surface area (Å²) in [6, 6.07) is 6.73. The third-order valence-electron chi connectivity index (χ3n) is 5.19. The van der Waals surface area contributed by atoms with Gasteiger partial charge in [-0.15, -0.1) is 0 Å².